The van der Waals surface area contributed by atoms with Crippen molar-refractivity contribution >= 4 is 50.6 Å². The maximum atomic E-state index is 13.6. The summed E-state index contributed by atoms with van der Waals surface area (Å²) < 4.78 is 15.4. The number of benzene rings is 1. The van der Waals surface area contributed by atoms with E-state index < -0.39 is 5.82 Å². The van der Waals surface area contributed by atoms with Crippen molar-refractivity contribution in [3.63, 3.8) is 0 Å². The maximum absolute atomic E-state index is 13.6. The van der Waals surface area contributed by atoms with E-state index in [-0.39, 0.29) is 10.9 Å². The molecule has 5 rings (SSSR count). The molecule has 1 aliphatic heterocycles. The molecule has 3 aromatic heterocycles. The number of hydrogen-bond acceptors (Lipinski definition) is 7. The Hall–Kier alpha value is -3.34. The summed E-state index contributed by atoms with van der Waals surface area (Å²) in [6, 6.07) is 4.47. The molecule has 4 aromatic rings. The first kappa shape index (κ1) is 25.3. The molecule has 1 aromatic carbocycles. The molecule has 1 amide bonds. The molecule has 11 heteroatoms. The lowest BCUT2D eigenvalue weighted by molar-refractivity contribution is -0.126. The molecule has 4 heterocycles. The Morgan fingerprint density at radius 2 is 2.19 bits per heavy atom. The number of carbonyl (C=O) groups is 1. The van der Waals surface area contributed by atoms with Gasteiger partial charge in [0.15, 0.2) is 0 Å². The molecule has 0 aliphatic carbocycles. The Morgan fingerprint density at radius 3 is 2.95 bits per heavy atom. The zero-order valence-electron chi connectivity index (χ0n) is 20.8. The number of fused-ring (bicyclic) bond motifs is 3. The van der Waals surface area contributed by atoms with Crippen molar-refractivity contribution in [1.82, 2.24) is 29.5 Å². The van der Waals surface area contributed by atoms with Crippen LogP contribution in [0, 0.1) is 12.7 Å². The number of halogens is 2. The Balaban J connectivity index is 1.25. The van der Waals surface area contributed by atoms with Gasteiger partial charge in [0, 0.05) is 55.1 Å². The van der Waals surface area contributed by atoms with Gasteiger partial charge in [-0.2, -0.15) is 5.10 Å². The lowest BCUT2D eigenvalue weighted by Crippen LogP contribution is -2.34. The fourth-order valence-corrected chi connectivity index (χ4v) is 5.90. The van der Waals surface area contributed by atoms with Crippen LogP contribution in [0.4, 0.5) is 15.9 Å². The van der Waals surface area contributed by atoms with E-state index in [0.29, 0.717) is 37.6 Å². The zero-order chi connectivity index (χ0) is 26.1. The number of nitrogens with zero attached hydrogens (tertiary/aromatic N) is 6. The van der Waals surface area contributed by atoms with Gasteiger partial charge in [0.1, 0.15) is 22.8 Å². The molecule has 0 radical (unpaired) electrons. The van der Waals surface area contributed by atoms with Crippen LogP contribution >= 0.6 is 22.9 Å². The molecule has 0 spiro atoms. The maximum Gasteiger partial charge on any atom is 0.246 e. The minimum atomic E-state index is -0.470. The van der Waals surface area contributed by atoms with Gasteiger partial charge in [0.05, 0.1) is 22.6 Å². The summed E-state index contributed by atoms with van der Waals surface area (Å²) in [6.07, 6.45) is 7.82. The van der Waals surface area contributed by atoms with Crippen LogP contribution in [0.3, 0.4) is 0 Å². The molecular weight excluding hydrogens is 513 g/mol. The lowest BCUT2D eigenvalue weighted by Gasteiger charge is -2.26. The molecule has 0 atom stereocenters. The summed E-state index contributed by atoms with van der Waals surface area (Å²) in [5.41, 5.74) is 3.99. The quantitative estimate of drug-likeness (QED) is 0.338. The van der Waals surface area contributed by atoms with Gasteiger partial charge in [-0.25, -0.2) is 14.4 Å². The van der Waals surface area contributed by atoms with Gasteiger partial charge in [0.2, 0.25) is 5.91 Å². The predicted molar refractivity (Wildman–Crippen MR) is 145 cm³/mol. The van der Waals surface area contributed by atoms with Crippen molar-refractivity contribution in [1.29, 1.82) is 0 Å². The first-order chi connectivity index (χ1) is 17.8. The van der Waals surface area contributed by atoms with Gasteiger partial charge < -0.3 is 10.2 Å². The van der Waals surface area contributed by atoms with E-state index in [0.717, 1.165) is 32.9 Å². The van der Waals surface area contributed by atoms with Gasteiger partial charge in [-0.05, 0) is 44.2 Å². The van der Waals surface area contributed by atoms with Crippen LogP contribution in [0.15, 0.2) is 42.9 Å². The number of rotatable bonds is 7. The molecule has 0 bridgehead atoms. The van der Waals surface area contributed by atoms with Crippen LogP contribution in [0.5, 0.6) is 0 Å². The van der Waals surface area contributed by atoms with Gasteiger partial charge in [-0.3, -0.25) is 14.4 Å². The summed E-state index contributed by atoms with van der Waals surface area (Å²) in [6.45, 7) is 4.59. The number of anilines is 2. The topological polar surface area (TPSA) is 79.2 Å². The number of thiophene rings is 1. The number of hydrogen-bond donors (Lipinski definition) is 1. The summed E-state index contributed by atoms with van der Waals surface area (Å²) in [4.78, 5) is 27.8. The monoisotopic (exact) mass is 539 g/mol. The zero-order valence-corrected chi connectivity index (χ0v) is 22.4. The normalized spacial score (nSPS) is 13.6. The van der Waals surface area contributed by atoms with Crippen LogP contribution in [-0.4, -0.2) is 55.6 Å². The third-order valence-corrected chi connectivity index (χ3v) is 7.78. The van der Waals surface area contributed by atoms with Crippen molar-refractivity contribution in [2.24, 2.45) is 7.05 Å². The number of aromatic nitrogens is 4. The third kappa shape index (κ3) is 5.51. The molecule has 192 valence electrons. The van der Waals surface area contributed by atoms with Crippen LogP contribution < -0.4 is 5.32 Å². The molecule has 37 heavy (non-hydrogen) atoms. The first-order valence-corrected chi connectivity index (χ1v) is 13.1. The summed E-state index contributed by atoms with van der Waals surface area (Å²) in [5, 5.41) is 8.62. The highest BCUT2D eigenvalue weighted by molar-refractivity contribution is 7.19. The summed E-state index contributed by atoms with van der Waals surface area (Å²) >= 11 is 7.51. The third-order valence-electron chi connectivity index (χ3n) is 6.36. The highest BCUT2D eigenvalue weighted by Crippen LogP contribution is 2.38. The van der Waals surface area contributed by atoms with Crippen LogP contribution in [0.25, 0.3) is 10.2 Å². The van der Waals surface area contributed by atoms with E-state index in [1.54, 1.807) is 23.5 Å². The summed E-state index contributed by atoms with van der Waals surface area (Å²) in [5.74, 6) is 0.179. The fourth-order valence-electron chi connectivity index (χ4n) is 4.52. The van der Waals surface area contributed by atoms with Crippen molar-refractivity contribution in [2.75, 3.05) is 25.5 Å². The van der Waals surface area contributed by atoms with E-state index in [1.165, 1.54) is 24.0 Å². The van der Waals surface area contributed by atoms with Crippen LogP contribution in [0.2, 0.25) is 5.02 Å². The number of aryl methyl sites for hydroxylation is 2. The molecule has 1 N–H and O–H groups in total. The second-order valence-electron chi connectivity index (χ2n) is 9.18. The largest absolute Gasteiger partial charge is 0.340 e. The molecule has 0 fully saturated rings. The molecular formula is C26H27ClFN7OS. The number of likely N-dealkylation sites (N-methyl/N-ethyl adjacent to an activating group) is 1. The Labute approximate surface area is 223 Å². The van der Waals surface area contributed by atoms with Gasteiger partial charge >= 0.3 is 0 Å². The smallest absolute Gasteiger partial charge is 0.246 e. The minimum absolute atomic E-state index is 0.000508. The Bertz CT molecular complexity index is 1500. The molecule has 0 unspecified atom stereocenters. The summed E-state index contributed by atoms with van der Waals surface area (Å²) in [7, 11) is 3.94. The van der Waals surface area contributed by atoms with Gasteiger partial charge in [0.25, 0.3) is 0 Å². The average Bonchev–Trinajstić information content (AvgIpc) is 3.39. The van der Waals surface area contributed by atoms with E-state index in [2.05, 4.69) is 25.3 Å². The van der Waals surface area contributed by atoms with Gasteiger partial charge in [-0.15, -0.1) is 11.3 Å². The average molecular weight is 540 g/mol. The SMILES string of the molecule is Cc1nn(C)cc1CN(C)C/C=C/C(=O)N1CCc2c(sc3ncnc(Nc4ccc(F)c(Cl)c4)c23)C1. The second-order valence-corrected chi connectivity index (χ2v) is 10.7. The van der Waals surface area contributed by atoms with Crippen molar-refractivity contribution in [2.45, 2.75) is 26.4 Å². The Morgan fingerprint density at radius 1 is 1.35 bits per heavy atom. The second kappa shape index (κ2) is 10.6. The van der Waals surface area contributed by atoms with E-state index >= 15 is 0 Å². The number of carbonyl (C=O) groups excluding carboxylic acids is 1. The van der Waals surface area contributed by atoms with Crippen LogP contribution in [-0.2, 0) is 31.4 Å². The standard InChI is InChI=1S/C26H27ClFN7OS/c1-16-17(13-34(3)32-16)12-33(2)9-4-5-23(36)35-10-8-19-22(14-35)37-26-24(19)25(29-15-30-26)31-18-6-7-21(28)20(27)11-18/h4-7,11,13,15H,8-10,12,14H2,1-3H3,(H,29,30,31)/b5-4+. The van der Waals surface area contributed by atoms with E-state index in [9.17, 15) is 9.18 Å². The van der Waals surface area contributed by atoms with Gasteiger partial charge in [-0.1, -0.05) is 17.7 Å². The highest BCUT2D eigenvalue weighted by atomic mass is 35.5. The molecule has 0 saturated carbocycles. The number of amides is 1. The van der Waals surface area contributed by atoms with E-state index in [4.69, 9.17) is 11.6 Å². The highest BCUT2D eigenvalue weighted by Gasteiger charge is 2.25. The van der Waals surface area contributed by atoms with Crippen molar-refractivity contribution in [3.05, 3.63) is 75.4 Å². The van der Waals surface area contributed by atoms with E-state index in [1.807, 2.05) is 42.9 Å². The van der Waals surface area contributed by atoms with Crippen molar-refractivity contribution in [3.8, 4) is 0 Å². The minimum Gasteiger partial charge on any atom is -0.340 e. The van der Waals surface area contributed by atoms with Crippen molar-refractivity contribution < 1.29 is 9.18 Å². The Kier molecular flexibility index (Phi) is 7.23. The first-order valence-electron chi connectivity index (χ1n) is 11.9. The van der Waals surface area contributed by atoms with Crippen LogP contribution in [0.1, 0.15) is 21.7 Å². The molecule has 1 aliphatic rings. The fraction of sp³-hybridized carbons (Fsp3) is 0.308. The molecule has 8 nitrogen and oxygen atoms in total. The number of nitrogens with one attached hydrogen (secondary N) is 1. The lowest BCUT2D eigenvalue weighted by atomic mass is 10.0. The molecule has 0 saturated heterocycles. The predicted octanol–water partition coefficient (Wildman–Crippen LogP) is 4.84.